The van der Waals surface area contributed by atoms with E-state index in [-0.39, 0.29) is 23.2 Å². The van der Waals surface area contributed by atoms with E-state index in [4.69, 9.17) is 4.74 Å². The van der Waals surface area contributed by atoms with Crippen LogP contribution in [0.3, 0.4) is 0 Å². The maximum atomic E-state index is 12.5. The van der Waals surface area contributed by atoms with Gasteiger partial charge in [-0.05, 0) is 18.3 Å². The minimum Gasteiger partial charge on any atom is -0.381 e. The van der Waals surface area contributed by atoms with Crippen molar-refractivity contribution in [2.24, 2.45) is 29.1 Å². The van der Waals surface area contributed by atoms with Crippen molar-refractivity contribution in [2.45, 2.75) is 20.3 Å². The molecule has 2 amide bonds. The van der Waals surface area contributed by atoms with E-state index >= 15 is 0 Å². The molecule has 0 bridgehead atoms. The fourth-order valence-corrected chi connectivity index (χ4v) is 4.48. The number of carbonyl (C=O) groups excluding carboxylic acids is 2. The first-order valence-corrected chi connectivity index (χ1v) is 8.16. The quantitative estimate of drug-likeness (QED) is 0.749. The molecule has 1 unspecified atom stereocenters. The molecular weight excluding hydrogens is 268 g/mol. The lowest BCUT2D eigenvalue weighted by atomic mass is 9.78. The Kier molecular flexibility index (Phi) is 2.87. The van der Waals surface area contributed by atoms with Gasteiger partial charge >= 0.3 is 0 Å². The standard InChI is InChI=1S/C16H24N2O3/c1-10(2)14(19)17-4-3-16(7-17)8-18(9-16)15(20)13-11-5-21-6-12(11)13/h10-13H,3-9H2,1-2H3/t11-,12+,13?. The molecule has 5 nitrogen and oxygen atoms in total. The number of hydrogen-bond donors (Lipinski definition) is 0. The summed E-state index contributed by atoms with van der Waals surface area (Å²) in [6.45, 7) is 8.87. The summed E-state index contributed by atoms with van der Waals surface area (Å²) >= 11 is 0. The first kappa shape index (κ1) is 13.6. The molecule has 116 valence electrons. The van der Waals surface area contributed by atoms with Gasteiger partial charge in [0.05, 0.1) is 13.2 Å². The van der Waals surface area contributed by atoms with Crippen molar-refractivity contribution in [1.82, 2.24) is 9.80 Å². The lowest BCUT2D eigenvalue weighted by Gasteiger charge is -2.48. The van der Waals surface area contributed by atoms with Gasteiger partial charge in [0, 0.05) is 43.4 Å². The topological polar surface area (TPSA) is 49.9 Å². The summed E-state index contributed by atoms with van der Waals surface area (Å²) in [7, 11) is 0. The zero-order valence-electron chi connectivity index (χ0n) is 12.9. The second kappa shape index (κ2) is 4.45. The van der Waals surface area contributed by atoms with Crippen LogP contribution in [0.15, 0.2) is 0 Å². The molecule has 0 aromatic rings. The maximum absolute atomic E-state index is 12.5. The van der Waals surface area contributed by atoms with E-state index < -0.39 is 0 Å². The summed E-state index contributed by atoms with van der Waals surface area (Å²) in [5, 5.41) is 0. The summed E-state index contributed by atoms with van der Waals surface area (Å²) in [5.41, 5.74) is 0.195. The van der Waals surface area contributed by atoms with E-state index in [1.807, 2.05) is 23.6 Å². The van der Waals surface area contributed by atoms with Crippen molar-refractivity contribution in [3.05, 3.63) is 0 Å². The molecule has 4 aliphatic rings. The van der Waals surface area contributed by atoms with Gasteiger partial charge in [-0.1, -0.05) is 13.8 Å². The number of hydrogen-bond acceptors (Lipinski definition) is 3. The Morgan fingerprint density at radius 1 is 1.10 bits per heavy atom. The van der Waals surface area contributed by atoms with Crippen molar-refractivity contribution in [2.75, 3.05) is 39.4 Å². The van der Waals surface area contributed by atoms with Crippen molar-refractivity contribution in [3.8, 4) is 0 Å². The lowest BCUT2D eigenvalue weighted by molar-refractivity contribution is -0.146. The summed E-state index contributed by atoms with van der Waals surface area (Å²) in [6, 6.07) is 0. The van der Waals surface area contributed by atoms with Crippen LogP contribution in [0.25, 0.3) is 0 Å². The Bertz CT molecular complexity index is 474. The van der Waals surface area contributed by atoms with Crippen LogP contribution in [0.5, 0.6) is 0 Å². The Morgan fingerprint density at radius 2 is 1.71 bits per heavy atom. The van der Waals surface area contributed by atoms with Crippen molar-refractivity contribution < 1.29 is 14.3 Å². The molecule has 21 heavy (non-hydrogen) atoms. The SMILES string of the molecule is CC(C)C(=O)N1CCC2(C1)CN(C(=O)C1[C@H]3COC[C@@H]13)C2. The van der Waals surface area contributed by atoms with Crippen molar-refractivity contribution >= 4 is 11.8 Å². The van der Waals surface area contributed by atoms with Crippen molar-refractivity contribution in [1.29, 1.82) is 0 Å². The van der Waals surface area contributed by atoms with Gasteiger partial charge in [0.1, 0.15) is 0 Å². The predicted molar refractivity (Wildman–Crippen MR) is 76.3 cm³/mol. The van der Waals surface area contributed by atoms with Crippen LogP contribution in [-0.2, 0) is 14.3 Å². The van der Waals surface area contributed by atoms with Crippen molar-refractivity contribution in [3.63, 3.8) is 0 Å². The van der Waals surface area contributed by atoms with Crippen LogP contribution in [0.2, 0.25) is 0 Å². The van der Waals surface area contributed by atoms with Crippen LogP contribution >= 0.6 is 0 Å². The second-order valence-electron chi connectivity index (χ2n) is 7.75. The molecule has 3 aliphatic heterocycles. The highest BCUT2D eigenvalue weighted by atomic mass is 16.5. The number of amides is 2. The van der Waals surface area contributed by atoms with Gasteiger partial charge in [-0.3, -0.25) is 9.59 Å². The van der Waals surface area contributed by atoms with Gasteiger partial charge in [-0.2, -0.15) is 0 Å². The van der Waals surface area contributed by atoms with Crippen LogP contribution < -0.4 is 0 Å². The van der Waals surface area contributed by atoms with E-state index in [2.05, 4.69) is 0 Å². The molecule has 1 aliphatic carbocycles. The predicted octanol–water partition coefficient (Wildman–Crippen LogP) is 0.596. The zero-order chi connectivity index (χ0) is 14.8. The molecule has 3 saturated heterocycles. The molecule has 3 atom stereocenters. The van der Waals surface area contributed by atoms with E-state index in [9.17, 15) is 9.59 Å². The van der Waals surface area contributed by atoms with Gasteiger partial charge in [-0.15, -0.1) is 0 Å². The Hall–Kier alpha value is -1.10. The zero-order valence-corrected chi connectivity index (χ0v) is 12.9. The van der Waals surface area contributed by atoms with E-state index in [1.54, 1.807) is 0 Å². The molecule has 0 aromatic carbocycles. The molecular formula is C16H24N2O3. The third-order valence-corrected chi connectivity index (χ3v) is 5.85. The Labute approximate surface area is 125 Å². The fraction of sp³-hybridized carbons (Fsp3) is 0.875. The maximum Gasteiger partial charge on any atom is 0.226 e. The van der Waals surface area contributed by atoms with Crippen LogP contribution in [0.4, 0.5) is 0 Å². The molecule has 1 saturated carbocycles. The second-order valence-corrected chi connectivity index (χ2v) is 7.75. The first-order chi connectivity index (χ1) is 10.0. The van der Waals surface area contributed by atoms with E-state index in [0.717, 1.165) is 45.8 Å². The first-order valence-electron chi connectivity index (χ1n) is 8.16. The smallest absolute Gasteiger partial charge is 0.226 e. The van der Waals surface area contributed by atoms with Gasteiger partial charge in [0.15, 0.2) is 0 Å². The lowest BCUT2D eigenvalue weighted by Crippen LogP contribution is -2.60. The molecule has 0 radical (unpaired) electrons. The van der Waals surface area contributed by atoms with Crippen LogP contribution in [0.1, 0.15) is 20.3 Å². The molecule has 5 heteroatoms. The summed E-state index contributed by atoms with van der Waals surface area (Å²) in [4.78, 5) is 28.5. The van der Waals surface area contributed by atoms with Crippen LogP contribution in [0, 0.1) is 29.1 Å². The molecule has 4 rings (SSSR count). The number of fused-ring (bicyclic) bond motifs is 1. The minimum absolute atomic E-state index is 0.0730. The highest BCUT2D eigenvalue weighted by Crippen LogP contribution is 2.53. The average Bonchev–Trinajstić information content (AvgIpc) is 2.83. The number of carbonyl (C=O) groups is 2. The van der Waals surface area contributed by atoms with Gasteiger partial charge < -0.3 is 14.5 Å². The van der Waals surface area contributed by atoms with Gasteiger partial charge in [0.2, 0.25) is 11.8 Å². The molecule has 0 aromatic heterocycles. The summed E-state index contributed by atoms with van der Waals surface area (Å²) < 4.78 is 5.36. The number of rotatable bonds is 2. The monoisotopic (exact) mass is 292 g/mol. The molecule has 1 spiro atoms. The Balaban J connectivity index is 1.31. The highest BCUT2D eigenvalue weighted by Gasteiger charge is 2.61. The number of nitrogens with zero attached hydrogens (tertiary/aromatic N) is 2. The molecule has 3 heterocycles. The van der Waals surface area contributed by atoms with E-state index in [0.29, 0.717) is 17.7 Å². The molecule has 0 N–H and O–H groups in total. The third-order valence-electron chi connectivity index (χ3n) is 5.85. The largest absolute Gasteiger partial charge is 0.381 e. The third kappa shape index (κ3) is 2.00. The Morgan fingerprint density at radius 3 is 2.33 bits per heavy atom. The number of likely N-dealkylation sites (tertiary alicyclic amines) is 2. The van der Waals surface area contributed by atoms with Gasteiger partial charge in [-0.25, -0.2) is 0 Å². The van der Waals surface area contributed by atoms with Gasteiger partial charge in [0.25, 0.3) is 0 Å². The summed E-state index contributed by atoms with van der Waals surface area (Å²) in [6.07, 6.45) is 1.05. The highest BCUT2D eigenvalue weighted by molar-refractivity contribution is 5.84. The number of ether oxygens (including phenoxy) is 1. The normalized spacial score (nSPS) is 36.0. The minimum atomic E-state index is 0.0730. The molecule has 4 fully saturated rings. The summed E-state index contributed by atoms with van der Waals surface area (Å²) in [5.74, 6) is 1.90. The van der Waals surface area contributed by atoms with Crippen LogP contribution in [-0.4, -0.2) is 61.0 Å². The van der Waals surface area contributed by atoms with E-state index in [1.165, 1.54) is 0 Å². The average molecular weight is 292 g/mol. The fourth-order valence-electron chi connectivity index (χ4n) is 4.48.